The second-order valence-electron chi connectivity index (χ2n) is 2.26. The molecule has 0 atom stereocenters. The Morgan fingerprint density at radius 1 is 1.46 bits per heavy atom. The monoisotopic (exact) mass is 248 g/mol. The number of hydrogen-bond donors (Lipinski definition) is 1. The van der Waals surface area contributed by atoms with Gasteiger partial charge in [-0.05, 0) is 28.4 Å². The van der Waals surface area contributed by atoms with Crippen LogP contribution in [0.4, 0.5) is 0 Å². The Morgan fingerprint density at radius 3 is 2.15 bits per heavy atom. The fourth-order valence-corrected chi connectivity index (χ4v) is 0.915. The van der Waals surface area contributed by atoms with Crippen LogP contribution in [-0.2, 0) is 14.3 Å². The highest BCUT2D eigenvalue weighted by molar-refractivity contribution is 9.12. The highest BCUT2D eigenvalue weighted by Crippen LogP contribution is 2.16. The predicted octanol–water partition coefficient (Wildman–Crippen LogP) is 1.47. The average Bonchev–Trinajstić information content (AvgIpc) is 2.04. The molecule has 0 aromatic heterocycles. The zero-order chi connectivity index (χ0) is 10.6. The predicted molar refractivity (Wildman–Crippen MR) is 50.4 cm³/mol. The first-order valence-electron chi connectivity index (χ1n) is 3.29. The van der Waals surface area contributed by atoms with Crippen LogP contribution in [-0.4, -0.2) is 24.0 Å². The van der Waals surface area contributed by atoms with E-state index in [2.05, 4.69) is 27.2 Å². The number of halogens is 1. The maximum Gasteiger partial charge on any atom is 0.346 e. The van der Waals surface area contributed by atoms with Crippen LogP contribution in [0.2, 0.25) is 0 Å². The lowest BCUT2D eigenvalue weighted by atomic mass is 10.2. The van der Waals surface area contributed by atoms with Crippen molar-refractivity contribution in [1.29, 1.82) is 0 Å². The minimum absolute atomic E-state index is 0.218. The molecule has 0 radical (unpaired) electrons. The number of methoxy groups -OCH3 is 1. The number of carbonyl (C=O) groups is 2. The molecular weight excluding hydrogens is 240 g/mol. The van der Waals surface area contributed by atoms with Gasteiger partial charge < -0.3 is 9.84 Å². The van der Waals surface area contributed by atoms with E-state index in [-0.39, 0.29) is 15.8 Å². The van der Waals surface area contributed by atoms with E-state index in [0.717, 1.165) is 0 Å². The second kappa shape index (κ2) is 4.81. The standard InChI is InChI=1S/C8H9BrO4/c1-4(2)6(10)7(13-3)5(9)8(11)12/h1H2,2-3H3,(H,11,12). The van der Waals surface area contributed by atoms with Crippen LogP contribution < -0.4 is 0 Å². The molecule has 1 N–H and O–H groups in total. The summed E-state index contributed by atoms with van der Waals surface area (Å²) in [6, 6.07) is 0. The van der Waals surface area contributed by atoms with Crippen LogP contribution in [0.15, 0.2) is 22.4 Å². The second-order valence-corrected chi connectivity index (χ2v) is 3.05. The zero-order valence-corrected chi connectivity index (χ0v) is 8.84. The number of carbonyl (C=O) groups excluding carboxylic acids is 1. The van der Waals surface area contributed by atoms with Gasteiger partial charge in [0.05, 0.1) is 7.11 Å². The van der Waals surface area contributed by atoms with Crippen molar-refractivity contribution in [3.63, 3.8) is 0 Å². The summed E-state index contributed by atoms with van der Waals surface area (Å²) in [4.78, 5) is 21.7. The lowest BCUT2D eigenvalue weighted by Gasteiger charge is -2.05. The highest BCUT2D eigenvalue weighted by atomic mass is 79.9. The summed E-state index contributed by atoms with van der Waals surface area (Å²) in [7, 11) is 1.22. The van der Waals surface area contributed by atoms with Crippen LogP contribution >= 0.6 is 15.9 Å². The van der Waals surface area contributed by atoms with E-state index in [9.17, 15) is 9.59 Å². The number of ketones is 1. The van der Waals surface area contributed by atoms with Crippen molar-refractivity contribution >= 4 is 27.7 Å². The molecule has 0 aliphatic heterocycles. The molecule has 0 fully saturated rings. The maximum absolute atomic E-state index is 11.2. The fourth-order valence-electron chi connectivity index (χ4n) is 0.573. The minimum Gasteiger partial charge on any atom is -0.491 e. The molecule has 0 aromatic rings. The topological polar surface area (TPSA) is 63.6 Å². The molecule has 0 rings (SSSR count). The SMILES string of the molecule is C=C(C)C(=O)C(OC)=C(Br)C(=O)O. The van der Waals surface area contributed by atoms with Gasteiger partial charge >= 0.3 is 5.97 Å². The summed E-state index contributed by atoms with van der Waals surface area (Å²) < 4.78 is 4.34. The van der Waals surface area contributed by atoms with Crippen LogP contribution in [0.3, 0.4) is 0 Å². The van der Waals surface area contributed by atoms with E-state index in [1.54, 1.807) is 0 Å². The van der Waals surface area contributed by atoms with Gasteiger partial charge in [0.1, 0.15) is 4.48 Å². The van der Waals surface area contributed by atoms with Crippen LogP contribution in [0.5, 0.6) is 0 Å². The summed E-state index contributed by atoms with van der Waals surface area (Å²) in [5.74, 6) is -2.04. The average molecular weight is 249 g/mol. The largest absolute Gasteiger partial charge is 0.491 e. The van der Waals surface area contributed by atoms with E-state index >= 15 is 0 Å². The van der Waals surface area contributed by atoms with Crippen molar-refractivity contribution in [2.24, 2.45) is 0 Å². The Hall–Kier alpha value is -1.10. The molecule has 0 bridgehead atoms. The van der Waals surface area contributed by atoms with Gasteiger partial charge in [-0.25, -0.2) is 4.79 Å². The van der Waals surface area contributed by atoms with Crippen molar-refractivity contribution in [1.82, 2.24) is 0 Å². The van der Waals surface area contributed by atoms with Gasteiger partial charge in [-0.2, -0.15) is 0 Å². The van der Waals surface area contributed by atoms with Crippen LogP contribution in [0, 0.1) is 0 Å². The molecule has 4 nitrogen and oxygen atoms in total. The summed E-state index contributed by atoms with van der Waals surface area (Å²) in [5.41, 5.74) is 0.218. The minimum atomic E-state index is -1.26. The lowest BCUT2D eigenvalue weighted by molar-refractivity contribution is -0.132. The van der Waals surface area contributed by atoms with Gasteiger partial charge in [0.25, 0.3) is 0 Å². The quantitative estimate of drug-likeness (QED) is 0.605. The Bertz CT molecular complexity index is 291. The Kier molecular flexibility index (Phi) is 4.40. The molecule has 72 valence electrons. The van der Waals surface area contributed by atoms with Crippen molar-refractivity contribution in [2.45, 2.75) is 6.92 Å². The first-order chi connectivity index (χ1) is 5.91. The molecule has 5 heteroatoms. The molecule has 0 saturated carbocycles. The van der Waals surface area contributed by atoms with Crippen molar-refractivity contribution < 1.29 is 19.4 Å². The van der Waals surface area contributed by atoms with Crippen LogP contribution in [0.25, 0.3) is 0 Å². The van der Waals surface area contributed by atoms with Gasteiger partial charge in [-0.15, -0.1) is 0 Å². The number of ether oxygens (including phenoxy) is 1. The third-order valence-electron chi connectivity index (χ3n) is 1.19. The number of carboxylic acid groups (broad SMARTS) is 1. The van der Waals surface area contributed by atoms with E-state index in [1.807, 2.05) is 0 Å². The molecule has 0 unspecified atom stereocenters. The van der Waals surface area contributed by atoms with Gasteiger partial charge in [-0.3, -0.25) is 4.79 Å². The number of hydrogen-bond acceptors (Lipinski definition) is 3. The molecule has 0 saturated heterocycles. The van der Waals surface area contributed by atoms with Gasteiger partial charge in [0.15, 0.2) is 5.76 Å². The summed E-state index contributed by atoms with van der Waals surface area (Å²) in [5, 5.41) is 8.55. The number of rotatable bonds is 4. The van der Waals surface area contributed by atoms with Crippen molar-refractivity contribution in [2.75, 3.05) is 7.11 Å². The molecule has 0 aromatic carbocycles. The Balaban J connectivity index is 5.11. The number of allylic oxidation sites excluding steroid dienone is 1. The molecule has 0 aliphatic carbocycles. The highest BCUT2D eigenvalue weighted by Gasteiger charge is 2.19. The first-order valence-corrected chi connectivity index (χ1v) is 4.08. The fraction of sp³-hybridized carbons (Fsp3) is 0.250. The Morgan fingerprint density at radius 2 is 1.92 bits per heavy atom. The van der Waals surface area contributed by atoms with Crippen molar-refractivity contribution in [3.05, 3.63) is 22.4 Å². The van der Waals surface area contributed by atoms with Crippen molar-refractivity contribution in [3.8, 4) is 0 Å². The molecule has 0 spiro atoms. The van der Waals surface area contributed by atoms with E-state index in [1.165, 1.54) is 14.0 Å². The first kappa shape index (κ1) is 11.9. The van der Waals surface area contributed by atoms with Gasteiger partial charge in [0.2, 0.25) is 5.78 Å². The zero-order valence-electron chi connectivity index (χ0n) is 7.26. The number of aliphatic carboxylic acids is 1. The third kappa shape index (κ3) is 3.02. The maximum atomic E-state index is 11.2. The van der Waals surface area contributed by atoms with E-state index in [4.69, 9.17) is 5.11 Å². The smallest absolute Gasteiger partial charge is 0.346 e. The molecule has 0 heterocycles. The van der Waals surface area contributed by atoms with Gasteiger partial charge in [0, 0.05) is 0 Å². The number of carboxylic acids is 1. The van der Waals surface area contributed by atoms with Crippen LogP contribution in [0.1, 0.15) is 6.92 Å². The lowest BCUT2D eigenvalue weighted by Crippen LogP contribution is -2.10. The van der Waals surface area contributed by atoms with Gasteiger partial charge in [-0.1, -0.05) is 6.58 Å². The summed E-state index contributed by atoms with van der Waals surface area (Å²) in [6.45, 7) is 4.86. The number of Topliss-reactive ketones (excluding diaryl/α,β-unsaturated/α-hetero) is 1. The summed E-state index contributed by atoms with van der Waals surface area (Å²) in [6.07, 6.45) is 0. The third-order valence-corrected chi connectivity index (χ3v) is 1.88. The van der Waals surface area contributed by atoms with E-state index < -0.39 is 11.8 Å². The molecular formula is C8H9BrO4. The molecule has 13 heavy (non-hydrogen) atoms. The van der Waals surface area contributed by atoms with E-state index in [0.29, 0.717) is 0 Å². The molecule has 0 amide bonds. The Labute approximate surface area is 84.0 Å². The normalized spacial score (nSPS) is 11.6. The molecule has 0 aliphatic rings. The summed E-state index contributed by atoms with van der Waals surface area (Å²) >= 11 is 2.73.